The van der Waals surface area contributed by atoms with Gasteiger partial charge >= 0.3 is 0 Å². The lowest BCUT2D eigenvalue weighted by atomic mass is 9.73. The van der Waals surface area contributed by atoms with Gasteiger partial charge in [-0.15, -0.1) is 0 Å². The topological polar surface area (TPSA) is 113 Å². The van der Waals surface area contributed by atoms with Crippen molar-refractivity contribution in [3.63, 3.8) is 0 Å². The minimum Gasteiger partial charge on any atom is -0.391 e. The van der Waals surface area contributed by atoms with Crippen molar-refractivity contribution in [1.82, 2.24) is 0 Å². The minimum absolute atomic E-state index is 0.0112. The van der Waals surface area contributed by atoms with Crippen LogP contribution in [0.1, 0.15) is 43.5 Å². The number of aliphatic hydroxyl groups excluding tert-OH is 1. The van der Waals surface area contributed by atoms with Crippen LogP contribution in [0, 0.1) is 29.4 Å². The standard InChI is InChI=1S/C26H30ClF2NO6S/c1-14-7-17-9-19(11-20(14)26(17,33)13-36-12-15(2)31)37(34,35)24-8-16(3-5-21(24)27)25(32)30-18-4-6-22(28)23(29)10-18/h3-6,8,10,14-15,17,19-20,31,33H,7,9,11-13H2,1-2H3,(H,30,32)/t14-,15+,17?,19?,20?,26+/m0/s1. The van der Waals surface area contributed by atoms with Crippen LogP contribution < -0.4 is 5.32 Å². The van der Waals surface area contributed by atoms with Gasteiger partial charge in [0.1, 0.15) is 0 Å². The Labute approximate surface area is 219 Å². The van der Waals surface area contributed by atoms with Gasteiger partial charge in [0.05, 0.1) is 40.1 Å². The molecule has 6 atom stereocenters. The fraction of sp³-hybridized carbons (Fsp3) is 0.500. The highest BCUT2D eigenvalue weighted by atomic mass is 35.5. The maximum absolute atomic E-state index is 13.7. The van der Waals surface area contributed by atoms with Crippen LogP contribution in [0.5, 0.6) is 0 Å². The van der Waals surface area contributed by atoms with Crippen LogP contribution in [-0.2, 0) is 14.6 Å². The molecule has 37 heavy (non-hydrogen) atoms. The predicted molar refractivity (Wildman–Crippen MR) is 134 cm³/mol. The van der Waals surface area contributed by atoms with E-state index in [1.165, 1.54) is 24.3 Å². The Bertz CT molecular complexity index is 1290. The molecule has 0 saturated heterocycles. The Morgan fingerprint density at radius 2 is 1.92 bits per heavy atom. The average molecular weight is 558 g/mol. The van der Waals surface area contributed by atoms with Gasteiger partial charge in [-0.3, -0.25) is 4.79 Å². The molecule has 0 aliphatic heterocycles. The number of amides is 1. The lowest BCUT2D eigenvalue weighted by Crippen LogP contribution is -2.52. The smallest absolute Gasteiger partial charge is 0.255 e. The Morgan fingerprint density at radius 1 is 1.19 bits per heavy atom. The van der Waals surface area contributed by atoms with Gasteiger partial charge in [0.2, 0.25) is 0 Å². The molecular weight excluding hydrogens is 528 g/mol. The van der Waals surface area contributed by atoms with Gasteiger partial charge in [0.25, 0.3) is 5.91 Å². The lowest BCUT2D eigenvalue weighted by Gasteiger charge is -2.43. The molecule has 2 bridgehead atoms. The Morgan fingerprint density at radius 3 is 2.57 bits per heavy atom. The van der Waals surface area contributed by atoms with Crippen molar-refractivity contribution in [2.24, 2.45) is 17.8 Å². The SMILES string of the molecule is C[C@@H](O)COC[C@@]1(O)C2CC(S(=O)(=O)c3cc(C(=O)Nc4ccc(F)c(F)c4)ccc3Cl)CC1[C@@H](C)C2. The number of nitrogens with one attached hydrogen (secondary N) is 1. The fourth-order valence-corrected chi connectivity index (χ4v) is 8.11. The zero-order valence-corrected chi connectivity index (χ0v) is 22.0. The number of hydrogen-bond donors (Lipinski definition) is 3. The molecule has 2 aromatic carbocycles. The first-order chi connectivity index (χ1) is 17.3. The number of anilines is 1. The molecule has 0 radical (unpaired) electrons. The van der Waals surface area contributed by atoms with Gasteiger partial charge in [0, 0.05) is 17.3 Å². The highest BCUT2D eigenvalue weighted by Gasteiger charge is 2.58. The van der Waals surface area contributed by atoms with Gasteiger partial charge < -0.3 is 20.3 Å². The molecule has 4 rings (SSSR count). The summed E-state index contributed by atoms with van der Waals surface area (Å²) in [5.74, 6) is -3.45. The van der Waals surface area contributed by atoms with Crippen LogP contribution in [0.4, 0.5) is 14.5 Å². The van der Waals surface area contributed by atoms with Crippen LogP contribution in [0.2, 0.25) is 5.02 Å². The van der Waals surface area contributed by atoms with Crippen LogP contribution >= 0.6 is 11.6 Å². The molecule has 2 fully saturated rings. The molecule has 7 nitrogen and oxygen atoms in total. The van der Waals surface area contributed by atoms with E-state index in [0.29, 0.717) is 6.42 Å². The highest BCUT2D eigenvalue weighted by Crippen LogP contribution is 2.54. The molecule has 0 spiro atoms. The second kappa shape index (κ2) is 10.6. The van der Waals surface area contributed by atoms with E-state index in [0.717, 1.165) is 12.1 Å². The van der Waals surface area contributed by atoms with Gasteiger partial charge in [-0.25, -0.2) is 17.2 Å². The summed E-state index contributed by atoms with van der Waals surface area (Å²) in [6.45, 7) is 3.66. The Balaban J connectivity index is 1.55. The summed E-state index contributed by atoms with van der Waals surface area (Å²) in [5, 5.41) is 22.5. The van der Waals surface area contributed by atoms with E-state index >= 15 is 0 Å². The zero-order chi connectivity index (χ0) is 27.1. The molecule has 2 aliphatic carbocycles. The van der Waals surface area contributed by atoms with Crippen molar-refractivity contribution in [3.05, 3.63) is 58.6 Å². The van der Waals surface area contributed by atoms with Gasteiger partial charge in [-0.1, -0.05) is 18.5 Å². The number of halogens is 3. The molecule has 1 amide bonds. The van der Waals surface area contributed by atoms with Crippen LogP contribution in [-0.4, -0.2) is 54.7 Å². The molecule has 202 valence electrons. The van der Waals surface area contributed by atoms with Gasteiger partial charge in [-0.2, -0.15) is 0 Å². The fourth-order valence-electron chi connectivity index (χ4n) is 5.74. The second-order valence-electron chi connectivity index (χ2n) is 10.2. The molecule has 2 aliphatic rings. The van der Waals surface area contributed by atoms with Crippen molar-refractivity contribution in [2.45, 2.75) is 55.0 Å². The van der Waals surface area contributed by atoms with E-state index in [4.69, 9.17) is 16.3 Å². The number of hydrogen-bond acceptors (Lipinski definition) is 6. The maximum atomic E-state index is 13.7. The van der Waals surface area contributed by atoms with E-state index in [1.807, 2.05) is 6.92 Å². The largest absolute Gasteiger partial charge is 0.391 e. The number of benzene rings is 2. The van der Waals surface area contributed by atoms with Crippen molar-refractivity contribution in [3.8, 4) is 0 Å². The highest BCUT2D eigenvalue weighted by molar-refractivity contribution is 7.92. The number of carbonyl (C=O) groups excluding carboxylic acids is 1. The van der Waals surface area contributed by atoms with Crippen LogP contribution in [0.25, 0.3) is 0 Å². The average Bonchev–Trinajstić information content (AvgIpc) is 2.94. The third kappa shape index (κ3) is 5.54. The predicted octanol–water partition coefficient (Wildman–Crippen LogP) is 4.21. The van der Waals surface area contributed by atoms with Crippen LogP contribution in [0.3, 0.4) is 0 Å². The van der Waals surface area contributed by atoms with Crippen molar-refractivity contribution in [1.29, 1.82) is 0 Å². The normalized spacial score (nSPS) is 28.2. The summed E-state index contributed by atoms with van der Waals surface area (Å²) >= 11 is 6.28. The molecule has 11 heteroatoms. The summed E-state index contributed by atoms with van der Waals surface area (Å²) in [5.41, 5.74) is -1.18. The quantitative estimate of drug-likeness (QED) is 0.448. The minimum atomic E-state index is -3.98. The first-order valence-electron chi connectivity index (χ1n) is 12.1. The number of aliphatic hydroxyl groups is 2. The molecule has 2 aromatic rings. The Kier molecular flexibility index (Phi) is 7.97. The van der Waals surface area contributed by atoms with E-state index in [9.17, 15) is 32.2 Å². The molecular formula is C26H30ClF2NO6S. The zero-order valence-electron chi connectivity index (χ0n) is 20.5. The number of fused-ring (bicyclic) bond motifs is 2. The monoisotopic (exact) mass is 557 g/mol. The van der Waals surface area contributed by atoms with Gasteiger partial charge in [-0.05, 0) is 74.3 Å². The molecule has 2 saturated carbocycles. The van der Waals surface area contributed by atoms with Gasteiger partial charge in [0.15, 0.2) is 21.5 Å². The van der Waals surface area contributed by atoms with Crippen LogP contribution in [0.15, 0.2) is 41.3 Å². The van der Waals surface area contributed by atoms with E-state index in [-0.39, 0.29) is 65.0 Å². The first-order valence-corrected chi connectivity index (χ1v) is 14.0. The summed E-state index contributed by atoms with van der Waals surface area (Å²) in [7, 11) is -3.98. The number of sulfone groups is 1. The molecule has 3 unspecified atom stereocenters. The van der Waals surface area contributed by atoms with Crippen molar-refractivity contribution >= 4 is 33.0 Å². The molecule has 0 heterocycles. The van der Waals surface area contributed by atoms with E-state index in [1.54, 1.807) is 6.92 Å². The third-order valence-corrected chi connectivity index (χ3v) is 10.2. The lowest BCUT2D eigenvalue weighted by molar-refractivity contribution is -0.124. The van der Waals surface area contributed by atoms with Crippen molar-refractivity contribution in [2.75, 3.05) is 18.5 Å². The second-order valence-corrected chi connectivity index (χ2v) is 12.8. The molecule has 3 N–H and O–H groups in total. The summed E-state index contributed by atoms with van der Waals surface area (Å²) < 4.78 is 59.6. The number of ether oxygens (including phenoxy) is 1. The number of carbonyl (C=O) groups is 1. The third-order valence-electron chi connectivity index (χ3n) is 7.57. The summed E-state index contributed by atoms with van der Waals surface area (Å²) in [6, 6.07) is 6.74. The Hall–Kier alpha value is -2.11. The van der Waals surface area contributed by atoms with E-state index in [2.05, 4.69) is 5.32 Å². The summed E-state index contributed by atoms with van der Waals surface area (Å²) in [4.78, 5) is 12.5. The van der Waals surface area contributed by atoms with Crippen molar-refractivity contribution < 1.29 is 36.9 Å². The maximum Gasteiger partial charge on any atom is 0.255 e. The van der Waals surface area contributed by atoms with E-state index < -0.39 is 44.3 Å². The summed E-state index contributed by atoms with van der Waals surface area (Å²) in [6.07, 6.45) is 0.384. The molecule has 0 aromatic heterocycles. The number of rotatable bonds is 8. The first kappa shape index (κ1) is 27.9.